The van der Waals surface area contributed by atoms with Crippen molar-refractivity contribution in [1.29, 1.82) is 0 Å². The molecule has 0 aliphatic heterocycles. The third-order valence-electron chi connectivity index (χ3n) is 4.43. The SMILES string of the molecule is CCCCCCn1c(S[C@@H](C)C(=O)NC2CC2)nc2ccccc21. The van der Waals surface area contributed by atoms with Crippen molar-refractivity contribution < 1.29 is 4.79 Å². The Balaban J connectivity index is 1.73. The molecule has 1 aliphatic carbocycles. The predicted octanol–water partition coefficient (Wildman–Crippen LogP) is 4.38. The number of thioether (sulfide) groups is 1. The number of imidazole rings is 1. The van der Waals surface area contributed by atoms with E-state index in [2.05, 4.69) is 35.0 Å². The van der Waals surface area contributed by atoms with E-state index in [1.165, 1.54) is 24.8 Å². The average molecular weight is 346 g/mol. The number of carbonyl (C=O) groups excluding carboxylic acids is 1. The molecule has 1 aliphatic rings. The molecule has 1 amide bonds. The van der Waals surface area contributed by atoms with Crippen LogP contribution in [-0.4, -0.2) is 26.8 Å². The fourth-order valence-corrected chi connectivity index (χ4v) is 3.77. The Kier molecular flexibility index (Phi) is 5.82. The summed E-state index contributed by atoms with van der Waals surface area (Å²) in [5.41, 5.74) is 2.19. The molecule has 1 heterocycles. The molecule has 1 aromatic carbocycles. The molecular formula is C19H27N3OS. The van der Waals surface area contributed by atoms with E-state index in [1.54, 1.807) is 11.8 Å². The Hall–Kier alpha value is -1.49. The molecule has 1 fully saturated rings. The summed E-state index contributed by atoms with van der Waals surface area (Å²) < 4.78 is 2.29. The highest BCUT2D eigenvalue weighted by Gasteiger charge is 2.27. The molecule has 5 heteroatoms. The summed E-state index contributed by atoms with van der Waals surface area (Å²) in [5, 5.41) is 3.94. The second kappa shape index (κ2) is 8.06. The van der Waals surface area contributed by atoms with Crippen LogP contribution in [0.2, 0.25) is 0 Å². The van der Waals surface area contributed by atoms with E-state index in [9.17, 15) is 4.79 Å². The van der Waals surface area contributed by atoms with Crippen LogP contribution in [0.3, 0.4) is 0 Å². The summed E-state index contributed by atoms with van der Waals surface area (Å²) >= 11 is 1.58. The van der Waals surface area contributed by atoms with Gasteiger partial charge in [-0.2, -0.15) is 0 Å². The van der Waals surface area contributed by atoms with Gasteiger partial charge in [-0.15, -0.1) is 0 Å². The highest BCUT2D eigenvalue weighted by molar-refractivity contribution is 8.00. The van der Waals surface area contributed by atoms with Crippen molar-refractivity contribution in [2.75, 3.05) is 0 Å². The lowest BCUT2D eigenvalue weighted by atomic mass is 10.2. The van der Waals surface area contributed by atoms with Gasteiger partial charge in [0.2, 0.25) is 5.91 Å². The second-order valence-corrected chi connectivity index (χ2v) is 7.95. The highest BCUT2D eigenvalue weighted by Crippen LogP contribution is 2.29. The lowest BCUT2D eigenvalue weighted by molar-refractivity contribution is -0.120. The lowest BCUT2D eigenvalue weighted by Gasteiger charge is -2.13. The number of rotatable bonds is 9. The van der Waals surface area contributed by atoms with Gasteiger partial charge in [-0.3, -0.25) is 4.79 Å². The van der Waals surface area contributed by atoms with Crippen LogP contribution in [0.1, 0.15) is 52.4 Å². The average Bonchev–Trinajstić information content (AvgIpc) is 3.33. The van der Waals surface area contributed by atoms with Crippen molar-refractivity contribution in [1.82, 2.24) is 14.9 Å². The van der Waals surface area contributed by atoms with E-state index >= 15 is 0 Å². The smallest absolute Gasteiger partial charge is 0.233 e. The molecule has 1 atom stereocenters. The van der Waals surface area contributed by atoms with Gasteiger partial charge < -0.3 is 9.88 Å². The first-order valence-corrected chi connectivity index (χ1v) is 9.99. The fourth-order valence-electron chi connectivity index (χ4n) is 2.81. The molecule has 2 aromatic rings. The van der Waals surface area contributed by atoms with Gasteiger partial charge in [0.25, 0.3) is 0 Å². The summed E-state index contributed by atoms with van der Waals surface area (Å²) in [6, 6.07) is 8.67. The largest absolute Gasteiger partial charge is 0.352 e. The maximum Gasteiger partial charge on any atom is 0.233 e. The van der Waals surface area contributed by atoms with E-state index in [0.717, 1.165) is 36.5 Å². The molecule has 4 nitrogen and oxygen atoms in total. The van der Waals surface area contributed by atoms with E-state index in [1.807, 2.05) is 13.0 Å². The van der Waals surface area contributed by atoms with Crippen molar-refractivity contribution in [3.8, 4) is 0 Å². The number of fused-ring (bicyclic) bond motifs is 1. The Morgan fingerprint density at radius 1 is 1.33 bits per heavy atom. The van der Waals surface area contributed by atoms with Gasteiger partial charge in [0, 0.05) is 12.6 Å². The van der Waals surface area contributed by atoms with Crippen LogP contribution in [0.15, 0.2) is 29.4 Å². The molecule has 0 radical (unpaired) electrons. The van der Waals surface area contributed by atoms with Gasteiger partial charge >= 0.3 is 0 Å². The molecule has 0 unspecified atom stereocenters. The molecule has 24 heavy (non-hydrogen) atoms. The monoisotopic (exact) mass is 345 g/mol. The number of nitrogens with zero attached hydrogens (tertiary/aromatic N) is 2. The van der Waals surface area contributed by atoms with E-state index in [0.29, 0.717) is 6.04 Å². The molecular weight excluding hydrogens is 318 g/mol. The maximum atomic E-state index is 12.3. The Bertz CT molecular complexity index is 693. The summed E-state index contributed by atoms with van der Waals surface area (Å²) in [4.78, 5) is 17.0. The molecule has 130 valence electrons. The highest BCUT2D eigenvalue weighted by atomic mass is 32.2. The number of aromatic nitrogens is 2. The molecule has 1 saturated carbocycles. The van der Waals surface area contributed by atoms with Crippen molar-refractivity contribution >= 4 is 28.7 Å². The first-order chi connectivity index (χ1) is 11.7. The van der Waals surface area contributed by atoms with Crippen molar-refractivity contribution in [3.05, 3.63) is 24.3 Å². The van der Waals surface area contributed by atoms with Gasteiger partial charge in [-0.05, 0) is 38.3 Å². The van der Waals surface area contributed by atoms with Crippen LogP contribution in [0.5, 0.6) is 0 Å². The van der Waals surface area contributed by atoms with Crippen molar-refractivity contribution in [3.63, 3.8) is 0 Å². The standard InChI is InChI=1S/C19H27N3OS/c1-3-4-5-8-13-22-17-10-7-6-9-16(17)21-19(22)24-14(2)18(23)20-15-11-12-15/h6-7,9-10,14-15H,3-5,8,11-13H2,1-2H3,(H,20,23)/t14-/m0/s1. The van der Waals surface area contributed by atoms with Gasteiger partial charge in [-0.1, -0.05) is 50.1 Å². The number of hydrogen-bond donors (Lipinski definition) is 1. The normalized spacial score (nSPS) is 15.6. The fraction of sp³-hybridized carbons (Fsp3) is 0.579. The molecule has 3 rings (SSSR count). The predicted molar refractivity (Wildman–Crippen MR) is 100 cm³/mol. The van der Waals surface area contributed by atoms with Crippen LogP contribution in [-0.2, 0) is 11.3 Å². The zero-order valence-corrected chi connectivity index (χ0v) is 15.4. The molecule has 1 aromatic heterocycles. The third kappa shape index (κ3) is 4.32. The zero-order valence-electron chi connectivity index (χ0n) is 14.6. The summed E-state index contributed by atoms with van der Waals surface area (Å²) in [5.74, 6) is 0.132. The molecule has 0 saturated heterocycles. The van der Waals surface area contributed by atoms with Crippen LogP contribution in [0, 0.1) is 0 Å². The second-order valence-electron chi connectivity index (χ2n) is 6.64. The number of benzene rings is 1. The summed E-state index contributed by atoms with van der Waals surface area (Å²) in [7, 11) is 0. The van der Waals surface area contributed by atoms with Crippen LogP contribution < -0.4 is 5.32 Å². The number of amides is 1. The Morgan fingerprint density at radius 3 is 2.88 bits per heavy atom. The number of carbonyl (C=O) groups is 1. The first kappa shape index (κ1) is 17.3. The zero-order chi connectivity index (χ0) is 16.9. The number of hydrogen-bond acceptors (Lipinski definition) is 3. The minimum atomic E-state index is -0.114. The topological polar surface area (TPSA) is 46.9 Å². The number of para-hydroxylation sites is 2. The van der Waals surface area contributed by atoms with Gasteiger partial charge in [0.1, 0.15) is 0 Å². The van der Waals surface area contributed by atoms with Gasteiger partial charge in [-0.25, -0.2) is 4.98 Å². The summed E-state index contributed by atoms with van der Waals surface area (Å²) in [6.07, 6.45) is 7.16. The molecule has 0 spiro atoms. The quantitative estimate of drug-likeness (QED) is 0.542. The number of unbranched alkanes of at least 4 members (excludes halogenated alkanes) is 3. The Morgan fingerprint density at radius 2 is 2.12 bits per heavy atom. The third-order valence-corrected chi connectivity index (χ3v) is 5.52. The van der Waals surface area contributed by atoms with Crippen molar-refractivity contribution in [2.45, 2.75) is 75.4 Å². The first-order valence-electron chi connectivity index (χ1n) is 9.11. The van der Waals surface area contributed by atoms with Gasteiger partial charge in [0.15, 0.2) is 5.16 Å². The van der Waals surface area contributed by atoms with Crippen LogP contribution in [0.25, 0.3) is 11.0 Å². The van der Waals surface area contributed by atoms with E-state index in [-0.39, 0.29) is 11.2 Å². The maximum absolute atomic E-state index is 12.3. The Labute approximate surface area is 148 Å². The lowest BCUT2D eigenvalue weighted by Crippen LogP contribution is -2.32. The summed E-state index contributed by atoms with van der Waals surface area (Å²) in [6.45, 7) is 5.18. The van der Waals surface area contributed by atoms with Crippen LogP contribution >= 0.6 is 11.8 Å². The van der Waals surface area contributed by atoms with Crippen molar-refractivity contribution in [2.24, 2.45) is 0 Å². The number of nitrogens with one attached hydrogen (secondary N) is 1. The van der Waals surface area contributed by atoms with Crippen LogP contribution in [0.4, 0.5) is 0 Å². The minimum Gasteiger partial charge on any atom is -0.352 e. The molecule has 0 bridgehead atoms. The van der Waals surface area contributed by atoms with E-state index in [4.69, 9.17) is 4.98 Å². The van der Waals surface area contributed by atoms with E-state index < -0.39 is 0 Å². The number of aryl methyl sites for hydroxylation is 1. The molecule has 1 N–H and O–H groups in total. The van der Waals surface area contributed by atoms with Gasteiger partial charge in [0.05, 0.1) is 16.3 Å². The minimum absolute atomic E-state index is 0.114.